The lowest BCUT2D eigenvalue weighted by Crippen LogP contribution is -1.74. The Hall–Kier alpha value is -0.800. The average molecular weight is 217 g/mol. The van der Waals surface area contributed by atoms with Crippen LogP contribution in [-0.4, -0.2) is 5.11 Å². The van der Waals surface area contributed by atoms with E-state index < -0.39 is 5.13 Å². The Morgan fingerprint density at radius 1 is 1.46 bits per heavy atom. The van der Waals surface area contributed by atoms with Gasteiger partial charge in [0, 0.05) is 16.0 Å². The molecule has 0 spiro atoms. The second kappa shape index (κ2) is 3.16. The van der Waals surface area contributed by atoms with Crippen molar-refractivity contribution >= 4 is 33.0 Å². The highest BCUT2D eigenvalue weighted by Crippen LogP contribution is 2.35. The molecule has 0 saturated heterocycles. The average Bonchev–Trinajstić information content (AvgIpc) is 2.42. The lowest BCUT2D eigenvalue weighted by atomic mass is 10.2. The zero-order valence-electron chi connectivity index (χ0n) is 6.55. The molecule has 1 N–H and O–H groups in total. The van der Waals surface area contributed by atoms with Gasteiger partial charge >= 0.3 is 0 Å². The summed E-state index contributed by atoms with van der Waals surface area (Å²) in [5.74, 6) is 0.136. The van der Waals surface area contributed by atoms with Gasteiger partial charge in [0.05, 0.1) is 0 Å². The summed E-state index contributed by atoms with van der Waals surface area (Å²) in [6.45, 7) is 0. The van der Waals surface area contributed by atoms with E-state index in [1.54, 1.807) is 18.2 Å². The van der Waals surface area contributed by atoms with Crippen molar-refractivity contribution in [2.45, 2.75) is 5.88 Å². The van der Waals surface area contributed by atoms with E-state index in [2.05, 4.69) is 0 Å². The molecule has 2 aromatic rings. The zero-order chi connectivity index (χ0) is 9.42. The molecular formula is C9H6ClFOS. The Balaban J connectivity index is 2.73. The minimum absolute atomic E-state index is 0.263. The molecule has 0 saturated carbocycles. The third kappa shape index (κ3) is 1.38. The highest BCUT2D eigenvalue weighted by molar-refractivity contribution is 7.17. The Morgan fingerprint density at radius 2 is 2.23 bits per heavy atom. The SMILES string of the molecule is Oc1c(F)sc2cc(CCl)ccc12. The monoisotopic (exact) mass is 216 g/mol. The van der Waals surface area contributed by atoms with E-state index >= 15 is 0 Å². The standard InChI is InChI=1S/C9H6ClFOS/c10-4-5-1-2-6-7(3-5)13-9(11)8(6)12/h1-3,12H,4H2. The fourth-order valence-corrected chi connectivity index (χ4v) is 2.23. The molecule has 0 amide bonds. The summed E-state index contributed by atoms with van der Waals surface area (Å²) in [5.41, 5.74) is 0.926. The molecule has 0 aliphatic rings. The van der Waals surface area contributed by atoms with E-state index in [0.29, 0.717) is 11.3 Å². The molecule has 0 atom stereocenters. The molecule has 68 valence electrons. The Labute approximate surface area is 83.4 Å². The second-order valence-electron chi connectivity index (χ2n) is 2.69. The quantitative estimate of drug-likeness (QED) is 0.724. The van der Waals surface area contributed by atoms with E-state index in [9.17, 15) is 9.50 Å². The van der Waals surface area contributed by atoms with Crippen molar-refractivity contribution in [3.8, 4) is 5.75 Å². The smallest absolute Gasteiger partial charge is 0.219 e. The van der Waals surface area contributed by atoms with Crippen molar-refractivity contribution in [1.82, 2.24) is 0 Å². The van der Waals surface area contributed by atoms with Gasteiger partial charge in [-0.05, 0) is 17.7 Å². The molecule has 4 heteroatoms. The van der Waals surface area contributed by atoms with Gasteiger partial charge in [0.25, 0.3) is 0 Å². The fraction of sp³-hybridized carbons (Fsp3) is 0.111. The van der Waals surface area contributed by atoms with Crippen LogP contribution < -0.4 is 0 Å². The first kappa shape index (κ1) is 8.78. The van der Waals surface area contributed by atoms with E-state index in [1.807, 2.05) is 0 Å². The predicted molar refractivity (Wildman–Crippen MR) is 53.0 cm³/mol. The highest BCUT2D eigenvalue weighted by atomic mass is 35.5. The third-order valence-corrected chi connectivity index (χ3v) is 3.08. The first-order valence-electron chi connectivity index (χ1n) is 3.68. The van der Waals surface area contributed by atoms with Gasteiger partial charge in [-0.1, -0.05) is 6.07 Å². The van der Waals surface area contributed by atoms with Gasteiger partial charge in [-0.2, -0.15) is 4.39 Å². The van der Waals surface area contributed by atoms with Crippen LogP contribution in [0.15, 0.2) is 18.2 Å². The van der Waals surface area contributed by atoms with Crippen molar-refractivity contribution in [3.05, 3.63) is 28.9 Å². The van der Waals surface area contributed by atoms with Crippen LogP contribution in [0.1, 0.15) is 5.56 Å². The van der Waals surface area contributed by atoms with Crippen molar-refractivity contribution in [1.29, 1.82) is 0 Å². The van der Waals surface area contributed by atoms with Crippen molar-refractivity contribution in [3.63, 3.8) is 0 Å². The number of alkyl halides is 1. The van der Waals surface area contributed by atoms with Gasteiger partial charge in [-0.15, -0.1) is 22.9 Å². The van der Waals surface area contributed by atoms with Crippen LogP contribution >= 0.6 is 22.9 Å². The molecular weight excluding hydrogens is 211 g/mol. The van der Waals surface area contributed by atoms with E-state index in [-0.39, 0.29) is 5.75 Å². The maximum atomic E-state index is 12.9. The van der Waals surface area contributed by atoms with Crippen LogP contribution in [-0.2, 0) is 5.88 Å². The minimum Gasteiger partial charge on any atom is -0.504 e. The molecule has 0 aliphatic heterocycles. The molecule has 0 fully saturated rings. The first-order chi connectivity index (χ1) is 6.22. The predicted octanol–water partition coefficient (Wildman–Crippen LogP) is 3.48. The highest BCUT2D eigenvalue weighted by Gasteiger charge is 2.10. The summed E-state index contributed by atoms with van der Waals surface area (Å²) >= 11 is 6.56. The first-order valence-corrected chi connectivity index (χ1v) is 5.03. The van der Waals surface area contributed by atoms with Crippen LogP contribution in [0.2, 0.25) is 0 Å². The normalized spacial score (nSPS) is 10.9. The molecule has 0 aliphatic carbocycles. The van der Waals surface area contributed by atoms with Gasteiger partial charge in [-0.3, -0.25) is 0 Å². The number of hydrogen-bond acceptors (Lipinski definition) is 2. The minimum atomic E-state index is -0.540. The molecule has 0 bridgehead atoms. The number of hydrogen-bond donors (Lipinski definition) is 1. The summed E-state index contributed by atoms with van der Waals surface area (Å²) < 4.78 is 13.6. The van der Waals surface area contributed by atoms with Crippen LogP contribution in [0.3, 0.4) is 0 Å². The van der Waals surface area contributed by atoms with Crippen molar-refractivity contribution in [2.75, 3.05) is 0 Å². The number of aromatic hydroxyl groups is 1. The molecule has 1 aromatic heterocycles. The summed E-state index contributed by atoms with van der Waals surface area (Å²) in [5, 5.41) is 9.28. The molecule has 1 aromatic carbocycles. The maximum Gasteiger partial charge on any atom is 0.219 e. The Bertz CT molecular complexity index is 452. The number of fused-ring (bicyclic) bond motifs is 1. The Kier molecular flexibility index (Phi) is 2.14. The van der Waals surface area contributed by atoms with E-state index in [1.165, 1.54) is 0 Å². The van der Waals surface area contributed by atoms with Crippen LogP contribution in [0.4, 0.5) is 4.39 Å². The summed E-state index contributed by atoms with van der Waals surface area (Å²) in [6, 6.07) is 5.25. The molecule has 13 heavy (non-hydrogen) atoms. The van der Waals surface area contributed by atoms with Crippen LogP contribution in [0.5, 0.6) is 5.75 Å². The number of thiophene rings is 1. The number of halogens is 2. The molecule has 0 unspecified atom stereocenters. The lowest BCUT2D eigenvalue weighted by molar-refractivity contribution is 0.448. The third-order valence-electron chi connectivity index (χ3n) is 1.84. The summed E-state index contributed by atoms with van der Waals surface area (Å²) in [6.07, 6.45) is 0. The van der Waals surface area contributed by atoms with E-state index in [4.69, 9.17) is 11.6 Å². The molecule has 1 heterocycles. The molecule has 2 rings (SSSR count). The molecule has 0 radical (unpaired) electrons. The Morgan fingerprint density at radius 3 is 2.92 bits per heavy atom. The summed E-state index contributed by atoms with van der Waals surface area (Å²) in [4.78, 5) is 0. The van der Waals surface area contributed by atoms with Crippen LogP contribution in [0, 0.1) is 5.13 Å². The lowest BCUT2D eigenvalue weighted by Gasteiger charge is -1.94. The van der Waals surface area contributed by atoms with Crippen LogP contribution in [0.25, 0.3) is 10.1 Å². The largest absolute Gasteiger partial charge is 0.504 e. The van der Waals surface area contributed by atoms with Gasteiger partial charge in [0.15, 0.2) is 5.75 Å². The zero-order valence-corrected chi connectivity index (χ0v) is 8.12. The van der Waals surface area contributed by atoms with E-state index in [0.717, 1.165) is 21.6 Å². The van der Waals surface area contributed by atoms with Crippen molar-refractivity contribution < 1.29 is 9.50 Å². The topological polar surface area (TPSA) is 20.2 Å². The van der Waals surface area contributed by atoms with Gasteiger partial charge in [0.2, 0.25) is 5.13 Å². The number of benzene rings is 1. The summed E-state index contributed by atoms with van der Waals surface area (Å²) in [7, 11) is 0. The second-order valence-corrected chi connectivity index (χ2v) is 3.96. The van der Waals surface area contributed by atoms with Gasteiger partial charge < -0.3 is 5.11 Å². The van der Waals surface area contributed by atoms with Crippen molar-refractivity contribution in [2.24, 2.45) is 0 Å². The van der Waals surface area contributed by atoms with Gasteiger partial charge in [-0.25, -0.2) is 0 Å². The van der Waals surface area contributed by atoms with Gasteiger partial charge in [0.1, 0.15) is 0 Å². The molecule has 1 nitrogen and oxygen atoms in total. The maximum absolute atomic E-state index is 12.9. The number of rotatable bonds is 1. The fourth-order valence-electron chi connectivity index (χ4n) is 1.18.